The molecule has 0 bridgehead atoms. The third-order valence-electron chi connectivity index (χ3n) is 2.73. The molecule has 0 fully saturated rings. The van der Waals surface area contributed by atoms with E-state index in [0.717, 1.165) is 16.7 Å². The van der Waals surface area contributed by atoms with Gasteiger partial charge in [0.2, 0.25) is 5.13 Å². The molecule has 0 amide bonds. The number of aromatic nitrogens is 2. The lowest BCUT2D eigenvalue weighted by molar-refractivity contribution is 0.333. The highest BCUT2D eigenvalue weighted by Crippen LogP contribution is 2.22. The van der Waals surface area contributed by atoms with Crippen molar-refractivity contribution in [2.24, 2.45) is 0 Å². The van der Waals surface area contributed by atoms with Gasteiger partial charge in [-0.25, -0.2) is 4.98 Å². The van der Waals surface area contributed by atoms with Gasteiger partial charge in [-0.15, -0.1) is 0 Å². The highest BCUT2D eigenvalue weighted by atomic mass is 32.1. The number of nitriles is 1. The molecule has 6 heteroatoms. The number of hydrogen-bond acceptors (Lipinski definition) is 6. The number of benzene rings is 1. The topological polar surface area (TPSA) is 70.8 Å². The molecule has 21 heavy (non-hydrogen) atoms. The molecule has 0 aliphatic carbocycles. The Morgan fingerprint density at radius 3 is 2.57 bits per heavy atom. The van der Waals surface area contributed by atoms with Crippen LogP contribution in [0.2, 0.25) is 0 Å². The zero-order valence-electron chi connectivity index (χ0n) is 12.4. The van der Waals surface area contributed by atoms with Gasteiger partial charge in [0.1, 0.15) is 18.2 Å². The zero-order valence-corrected chi connectivity index (χ0v) is 13.2. The number of nitrogens with one attached hydrogen (secondary N) is 1. The van der Waals surface area contributed by atoms with Crippen LogP contribution in [0.25, 0.3) is 0 Å². The summed E-state index contributed by atoms with van der Waals surface area (Å²) in [5.74, 6) is 1.60. The van der Waals surface area contributed by atoms with Crippen LogP contribution < -0.4 is 10.1 Å². The van der Waals surface area contributed by atoms with Crippen molar-refractivity contribution in [2.75, 3.05) is 18.5 Å². The second kappa shape index (κ2) is 6.55. The smallest absolute Gasteiger partial charge is 0.202 e. The molecule has 2 aromatic rings. The van der Waals surface area contributed by atoms with E-state index in [9.17, 15) is 0 Å². The van der Waals surface area contributed by atoms with Gasteiger partial charge in [0, 0.05) is 16.9 Å². The van der Waals surface area contributed by atoms with Crippen molar-refractivity contribution in [2.45, 2.75) is 26.2 Å². The monoisotopic (exact) mass is 302 g/mol. The summed E-state index contributed by atoms with van der Waals surface area (Å²) in [6.07, 6.45) is 0. The highest BCUT2D eigenvalue weighted by molar-refractivity contribution is 7.09. The average Bonchev–Trinajstić information content (AvgIpc) is 2.93. The maximum Gasteiger partial charge on any atom is 0.202 e. The van der Waals surface area contributed by atoms with Crippen LogP contribution in [0.15, 0.2) is 24.3 Å². The lowest BCUT2D eigenvalue weighted by Gasteiger charge is -2.12. The lowest BCUT2D eigenvalue weighted by Crippen LogP contribution is -2.14. The Bertz CT molecular complexity index is 622. The van der Waals surface area contributed by atoms with Crippen LogP contribution in [0.5, 0.6) is 5.75 Å². The minimum atomic E-state index is -0.0323. The molecule has 0 aliphatic rings. The number of rotatable bonds is 5. The van der Waals surface area contributed by atoms with Crippen molar-refractivity contribution in [3.05, 3.63) is 35.7 Å². The van der Waals surface area contributed by atoms with E-state index in [-0.39, 0.29) is 5.41 Å². The Morgan fingerprint density at radius 2 is 2.00 bits per heavy atom. The van der Waals surface area contributed by atoms with Gasteiger partial charge in [-0.05, 0) is 24.3 Å². The average molecular weight is 302 g/mol. The number of nitrogens with zero attached hydrogens (tertiary/aromatic N) is 3. The minimum absolute atomic E-state index is 0.0323. The van der Waals surface area contributed by atoms with Crippen LogP contribution in [0.1, 0.15) is 32.2 Å². The van der Waals surface area contributed by atoms with Gasteiger partial charge in [0.15, 0.2) is 0 Å². The Labute approximate surface area is 128 Å². The molecule has 1 aromatic heterocycles. The molecule has 1 N–H and O–H groups in total. The van der Waals surface area contributed by atoms with Crippen molar-refractivity contribution in [3.63, 3.8) is 0 Å². The third-order valence-corrected chi connectivity index (χ3v) is 3.40. The third kappa shape index (κ3) is 4.43. The molecule has 0 unspecified atom stereocenters. The maximum absolute atomic E-state index is 8.72. The van der Waals surface area contributed by atoms with Crippen molar-refractivity contribution in [3.8, 4) is 11.8 Å². The zero-order chi connectivity index (χ0) is 15.3. The van der Waals surface area contributed by atoms with Crippen LogP contribution >= 0.6 is 11.5 Å². The summed E-state index contributed by atoms with van der Waals surface area (Å²) in [6.45, 7) is 7.45. The maximum atomic E-state index is 8.72. The summed E-state index contributed by atoms with van der Waals surface area (Å²) in [7, 11) is 0. The van der Waals surface area contributed by atoms with Crippen LogP contribution in [-0.2, 0) is 5.41 Å². The van der Waals surface area contributed by atoms with Gasteiger partial charge in [-0.3, -0.25) is 0 Å². The van der Waals surface area contributed by atoms with E-state index in [0.29, 0.717) is 18.7 Å². The number of ether oxygens (including phenoxy) is 1. The molecular formula is C15H18N4OS. The fourth-order valence-electron chi connectivity index (χ4n) is 1.55. The first kappa shape index (κ1) is 15.3. The number of anilines is 1. The molecule has 0 saturated heterocycles. The van der Waals surface area contributed by atoms with Crippen LogP contribution in [0.4, 0.5) is 5.13 Å². The molecule has 0 atom stereocenters. The van der Waals surface area contributed by atoms with Crippen LogP contribution in [-0.4, -0.2) is 22.5 Å². The molecular weight excluding hydrogens is 284 g/mol. The summed E-state index contributed by atoms with van der Waals surface area (Å²) in [4.78, 5) is 4.45. The molecule has 110 valence electrons. The van der Waals surface area contributed by atoms with E-state index in [1.165, 1.54) is 11.5 Å². The van der Waals surface area contributed by atoms with Gasteiger partial charge in [0.05, 0.1) is 18.2 Å². The lowest BCUT2D eigenvalue weighted by atomic mass is 9.96. The second-order valence-electron chi connectivity index (χ2n) is 5.58. The minimum Gasteiger partial charge on any atom is -0.492 e. The van der Waals surface area contributed by atoms with Crippen molar-refractivity contribution < 1.29 is 4.74 Å². The van der Waals surface area contributed by atoms with E-state index in [1.807, 2.05) is 0 Å². The van der Waals surface area contributed by atoms with E-state index >= 15 is 0 Å². The fraction of sp³-hybridized carbons (Fsp3) is 0.400. The largest absolute Gasteiger partial charge is 0.492 e. The van der Waals surface area contributed by atoms with Gasteiger partial charge < -0.3 is 10.1 Å². The van der Waals surface area contributed by atoms with E-state index < -0.39 is 0 Å². The normalized spacial score (nSPS) is 11.0. The van der Waals surface area contributed by atoms with Gasteiger partial charge in [0.25, 0.3) is 0 Å². The molecule has 0 aliphatic heterocycles. The first-order chi connectivity index (χ1) is 9.99. The van der Waals surface area contributed by atoms with E-state index in [1.54, 1.807) is 24.3 Å². The van der Waals surface area contributed by atoms with Crippen molar-refractivity contribution in [1.82, 2.24) is 9.36 Å². The predicted molar refractivity (Wildman–Crippen MR) is 83.8 cm³/mol. The van der Waals surface area contributed by atoms with Crippen LogP contribution in [0.3, 0.4) is 0 Å². The predicted octanol–water partition coefficient (Wildman–Crippen LogP) is 3.20. The van der Waals surface area contributed by atoms with Crippen molar-refractivity contribution in [1.29, 1.82) is 5.26 Å². The SMILES string of the molecule is CC(C)(C)c1nsc(NCCOc2ccc(C#N)cc2)n1. The molecule has 0 saturated carbocycles. The van der Waals surface area contributed by atoms with Gasteiger partial charge >= 0.3 is 0 Å². The molecule has 1 aromatic carbocycles. The first-order valence-corrected chi connectivity index (χ1v) is 7.47. The van der Waals surface area contributed by atoms with E-state index in [4.69, 9.17) is 10.00 Å². The van der Waals surface area contributed by atoms with Gasteiger partial charge in [-0.2, -0.15) is 9.64 Å². The standard InChI is InChI=1S/C15H18N4OS/c1-15(2,3)13-18-14(21-19-13)17-8-9-20-12-6-4-11(10-16)5-7-12/h4-7H,8-9H2,1-3H3,(H,17,18,19). The quantitative estimate of drug-likeness (QED) is 0.859. The van der Waals surface area contributed by atoms with Gasteiger partial charge in [-0.1, -0.05) is 20.8 Å². The summed E-state index contributed by atoms with van der Waals surface area (Å²) in [6, 6.07) is 9.14. The molecule has 0 spiro atoms. The summed E-state index contributed by atoms with van der Waals surface area (Å²) in [5.41, 5.74) is 0.596. The molecule has 5 nitrogen and oxygen atoms in total. The number of hydrogen-bond donors (Lipinski definition) is 1. The summed E-state index contributed by atoms with van der Waals surface area (Å²) < 4.78 is 9.93. The summed E-state index contributed by atoms with van der Waals surface area (Å²) in [5, 5.41) is 12.7. The molecule has 0 radical (unpaired) electrons. The Morgan fingerprint density at radius 1 is 1.29 bits per heavy atom. The second-order valence-corrected chi connectivity index (χ2v) is 6.34. The molecule has 1 heterocycles. The summed E-state index contributed by atoms with van der Waals surface area (Å²) >= 11 is 1.36. The molecule has 2 rings (SSSR count). The Balaban J connectivity index is 1.77. The van der Waals surface area contributed by atoms with E-state index in [2.05, 4.69) is 41.5 Å². The Hall–Kier alpha value is -2.13. The first-order valence-electron chi connectivity index (χ1n) is 6.70. The fourth-order valence-corrected chi connectivity index (χ4v) is 2.33. The van der Waals surface area contributed by atoms with Crippen LogP contribution in [0, 0.1) is 11.3 Å². The van der Waals surface area contributed by atoms with Crippen molar-refractivity contribution >= 4 is 16.7 Å². The Kier molecular flexibility index (Phi) is 4.76. The highest BCUT2D eigenvalue weighted by Gasteiger charge is 2.19.